The van der Waals surface area contributed by atoms with Crippen LogP contribution in [-0.4, -0.2) is 25.3 Å². The minimum atomic E-state index is -0.904. The predicted octanol–water partition coefficient (Wildman–Crippen LogP) is 3.08. The molecule has 1 heterocycles. The first-order chi connectivity index (χ1) is 9.65. The highest BCUT2D eigenvalue weighted by atomic mass is 32.1. The molecule has 106 valence electrons. The van der Waals surface area contributed by atoms with Gasteiger partial charge in [-0.15, -0.1) is 11.3 Å². The van der Waals surface area contributed by atoms with Gasteiger partial charge in [0.15, 0.2) is 0 Å². The van der Waals surface area contributed by atoms with E-state index in [1.165, 1.54) is 11.3 Å². The van der Waals surface area contributed by atoms with E-state index in [9.17, 15) is 4.79 Å². The molecule has 0 amide bonds. The lowest BCUT2D eigenvalue weighted by Crippen LogP contribution is -2.05. The maximum absolute atomic E-state index is 11.0. The fourth-order valence-corrected chi connectivity index (χ4v) is 2.56. The van der Waals surface area contributed by atoms with Gasteiger partial charge in [-0.2, -0.15) is 0 Å². The van der Waals surface area contributed by atoms with E-state index in [0.29, 0.717) is 22.9 Å². The van der Waals surface area contributed by atoms with Gasteiger partial charge in [0.05, 0.1) is 19.9 Å². The van der Waals surface area contributed by atoms with Crippen molar-refractivity contribution < 1.29 is 19.4 Å². The molecule has 2 rings (SSSR count). The van der Waals surface area contributed by atoms with Crippen LogP contribution in [0.1, 0.15) is 15.2 Å². The number of carboxylic acid groups (broad SMARTS) is 1. The summed E-state index contributed by atoms with van der Waals surface area (Å²) in [5.41, 5.74) is 1.54. The smallest absolute Gasteiger partial charge is 0.346 e. The van der Waals surface area contributed by atoms with Crippen LogP contribution in [-0.2, 0) is 6.54 Å². The standard InChI is InChI=1S/C14H15NO4S/c1-18-10-3-4-11(12(7-10)19-2)15-8-9-5-6-20-13(9)14(16)17/h3-7,15H,8H2,1-2H3,(H,16,17). The molecule has 6 heteroatoms. The van der Waals surface area contributed by atoms with Crippen LogP contribution in [0.4, 0.5) is 5.69 Å². The first-order valence-electron chi connectivity index (χ1n) is 5.91. The topological polar surface area (TPSA) is 67.8 Å². The Morgan fingerprint density at radius 1 is 1.30 bits per heavy atom. The fourth-order valence-electron chi connectivity index (χ4n) is 1.80. The van der Waals surface area contributed by atoms with Crippen molar-refractivity contribution in [3.05, 3.63) is 40.1 Å². The SMILES string of the molecule is COc1ccc(NCc2ccsc2C(=O)O)c(OC)c1. The van der Waals surface area contributed by atoms with E-state index < -0.39 is 5.97 Å². The molecule has 2 N–H and O–H groups in total. The summed E-state index contributed by atoms with van der Waals surface area (Å²) < 4.78 is 10.4. The van der Waals surface area contributed by atoms with Gasteiger partial charge in [0.25, 0.3) is 0 Å². The summed E-state index contributed by atoms with van der Waals surface area (Å²) in [6.45, 7) is 0.424. The average molecular weight is 293 g/mol. The monoisotopic (exact) mass is 293 g/mol. The van der Waals surface area contributed by atoms with E-state index in [-0.39, 0.29) is 0 Å². The minimum absolute atomic E-state index is 0.352. The van der Waals surface area contributed by atoms with Crippen LogP contribution in [0.25, 0.3) is 0 Å². The van der Waals surface area contributed by atoms with E-state index in [0.717, 1.165) is 11.3 Å². The summed E-state index contributed by atoms with van der Waals surface area (Å²) in [6.07, 6.45) is 0. The van der Waals surface area contributed by atoms with Crippen molar-refractivity contribution in [3.63, 3.8) is 0 Å². The fraction of sp³-hybridized carbons (Fsp3) is 0.214. The molecule has 0 bridgehead atoms. The lowest BCUT2D eigenvalue weighted by molar-refractivity contribution is 0.0701. The third-order valence-electron chi connectivity index (χ3n) is 2.82. The van der Waals surface area contributed by atoms with Crippen LogP contribution in [0, 0.1) is 0 Å². The van der Waals surface area contributed by atoms with Gasteiger partial charge in [-0.25, -0.2) is 4.79 Å². The number of hydrogen-bond donors (Lipinski definition) is 2. The third-order valence-corrected chi connectivity index (χ3v) is 3.76. The molecule has 0 spiro atoms. The Balaban J connectivity index is 2.14. The van der Waals surface area contributed by atoms with E-state index in [1.807, 2.05) is 12.1 Å². The van der Waals surface area contributed by atoms with Gasteiger partial charge in [0.2, 0.25) is 0 Å². The van der Waals surface area contributed by atoms with Gasteiger partial charge in [0.1, 0.15) is 16.4 Å². The second-order valence-electron chi connectivity index (χ2n) is 4.00. The third kappa shape index (κ3) is 3.03. The average Bonchev–Trinajstić information content (AvgIpc) is 2.93. The number of thiophene rings is 1. The second kappa shape index (κ2) is 6.29. The number of rotatable bonds is 6. The molecule has 0 unspecified atom stereocenters. The second-order valence-corrected chi connectivity index (χ2v) is 4.92. The van der Waals surface area contributed by atoms with Gasteiger partial charge in [-0.3, -0.25) is 0 Å². The number of carboxylic acids is 1. The molecule has 20 heavy (non-hydrogen) atoms. The number of anilines is 1. The van der Waals surface area contributed by atoms with Crippen molar-refractivity contribution in [1.29, 1.82) is 0 Å². The van der Waals surface area contributed by atoms with Gasteiger partial charge in [-0.05, 0) is 29.1 Å². The zero-order chi connectivity index (χ0) is 14.5. The highest BCUT2D eigenvalue weighted by molar-refractivity contribution is 7.12. The van der Waals surface area contributed by atoms with Crippen LogP contribution in [0.15, 0.2) is 29.6 Å². The zero-order valence-electron chi connectivity index (χ0n) is 11.2. The summed E-state index contributed by atoms with van der Waals surface area (Å²) in [6, 6.07) is 7.23. The molecule has 0 atom stereocenters. The highest BCUT2D eigenvalue weighted by Crippen LogP contribution is 2.29. The molecule has 1 aromatic carbocycles. The summed E-state index contributed by atoms with van der Waals surface area (Å²) in [7, 11) is 3.17. The Bertz CT molecular complexity index is 609. The van der Waals surface area contributed by atoms with Crippen LogP contribution in [0.3, 0.4) is 0 Å². The molecule has 5 nitrogen and oxygen atoms in total. The molecular formula is C14H15NO4S. The Kier molecular flexibility index (Phi) is 4.47. The van der Waals surface area contributed by atoms with Gasteiger partial charge >= 0.3 is 5.97 Å². The van der Waals surface area contributed by atoms with Crippen LogP contribution < -0.4 is 14.8 Å². The van der Waals surface area contributed by atoms with Crippen molar-refractivity contribution in [2.45, 2.75) is 6.54 Å². The molecule has 0 aliphatic heterocycles. The number of carbonyl (C=O) groups is 1. The van der Waals surface area contributed by atoms with Crippen LogP contribution in [0.2, 0.25) is 0 Å². The Morgan fingerprint density at radius 2 is 2.10 bits per heavy atom. The molecule has 0 saturated carbocycles. The normalized spacial score (nSPS) is 10.1. The zero-order valence-corrected chi connectivity index (χ0v) is 12.0. The number of nitrogens with one attached hydrogen (secondary N) is 1. The van der Waals surface area contributed by atoms with Gasteiger partial charge in [0, 0.05) is 12.6 Å². The van der Waals surface area contributed by atoms with E-state index >= 15 is 0 Å². The van der Waals surface area contributed by atoms with Crippen LogP contribution >= 0.6 is 11.3 Å². The van der Waals surface area contributed by atoms with Crippen LogP contribution in [0.5, 0.6) is 11.5 Å². The summed E-state index contributed by atoms with van der Waals surface area (Å²) >= 11 is 1.22. The molecular weight excluding hydrogens is 278 g/mol. The molecule has 1 aromatic heterocycles. The Morgan fingerprint density at radius 3 is 2.75 bits per heavy atom. The molecule has 0 aliphatic carbocycles. The van der Waals surface area contributed by atoms with E-state index in [4.69, 9.17) is 14.6 Å². The number of benzene rings is 1. The summed E-state index contributed by atoms with van der Waals surface area (Å²) in [5.74, 6) is 0.448. The van der Waals surface area contributed by atoms with E-state index in [1.54, 1.807) is 31.7 Å². The Hall–Kier alpha value is -2.21. The lowest BCUT2D eigenvalue weighted by atomic mass is 10.2. The van der Waals surface area contributed by atoms with Crippen molar-refractivity contribution in [1.82, 2.24) is 0 Å². The maximum Gasteiger partial charge on any atom is 0.346 e. The number of hydrogen-bond acceptors (Lipinski definition) is 5. The number of aromatic carboxylic acids is 1. The summed E-state index contributed by atoms with van der Waals surface area (Å²) in [4.78, 5) is 11.4. The molecule has 0 aliphatic rings. The van der Waals surface area contributed by atoms with Gasteiger partial charge in [-0.1, -0.05) is 0 Å². The largest absolute Gasteiger partial charge is 0.497 e. The van der Waals surface area contributed by atoms with E-state index in [2.05, 4.69) is 5.32 Å². The summed E-state index contributed by atoms with van der Waals surface area (Å²) in [5, 5.41) is 14.0. The van der Waals surface area contributed by atoms with Crippen molar-refractivity contribution in [2.75, 3.05) is 19.5 Å². The molecule has 2 aromatic rings. The number of ether oxygens (including phenoxy) is 2. The van der Waals surface area contributed by atoms with Crippen molar-refractivity contribution in [2.24, 2.45) is 0 Å². The minimum Gasteiger partial charge on any atom is -0.497 e. The predicted molar refractivity (Wildman–Crippen MR) is 78.2 cm³/mol. The molecule has 0 saturated heterocycles. The first kappa shape index (κ1) is 14.2. The molecule has 0 fully saturated rings. The maximum atomic E-state index is 11.0. The van der Waals surface area contributed by atoms with Gasteiger partial charge < -0.3 is 19.9 Å². The first-order valence-corrected chi connectivity index (χ1v) is 6.79. The van der Waals surface area contributed by atoms with Crippen molar-refractivity contribution >= 4 is 23.0 Å². The quantitative estimate of drug-likeness (QED) is 0.856. The lowest BCUT2D eigenvalue weighted by Gasteiger charge is -2.12. The van der Waals surface area contributed by atoms with Crippen molar-refractivity contribution in [3.8, 4) is 11.5 Å². The highest BCUT2D eigenvalue weighted by Gasteiger charge is 2.12. The molecule has 0 radical (unpaired) electrons. The Labute approximate surface area is 120 Å². The number of methoxy groups -OCH3 is 2.